The van der Waals surface area contributed by atoms with Crippen LogP contribution in [0.1, 0.15) is 32.6 Å². The number of carbonyl (C=O) groups is 1. The Morgan fingerprint density at radius 3 is 2.62 bits per heavy atom. The molecule has 4 N–H and O–H groups in total. The number of hydrogen-bond donors (Lipinski definition) is 3. The summed E-state index contributed by atoms with van der Waals surface area (Å²) in [5, 5.41) is 12.0. The zero-order valence-corrected chi connectivity index (χ0v) is 12.6. The molecule has 0 aliphatic heterocycles. The fourth-order valence-corrected chi connectivity index (χ4v) is 2.63. The number of nitrogens with two attached hydrogens (primary N) is 1. The second-order valence-corrected chi connectivity index (χ2v) is 5.69. The molecule has 0 aromatic heterocycles. The van der Waals surface area contributed by atoms with Gasteiger partial charge in [-0.1, -0.05) is 6.42 Å². The third kappa shape index (κ3) is 4.19. The van der Waals surface area contributed by atoms with Crippen molar-refractivity contribution in [2.45, 2.75) is 44.7 Å². The predicted molar refractivity (Wildman–Crippen MR) is 85.0 cm³/mol. The van der Waals surface area contributed by atoms with Gasteiger partial charge in [0.2, 0.25) is 5.91 Å². The lowest BCUT2D eigenvalue weighted by molar-refractivity contribution is -0.122. The molecule has 5 heteroatoms. The Morgan fingerprint density at radius 2 is 2.10 bits per heavy atom. The third-order valence-electron chi connectivity index (χ3n) is 4.17. The van der Waals surface area contributed by atoms with Crippen LogP contribution in [-0.4, -0.2) is 41.1 Å². The smallest absolute Gasteiger partial charge is 0.241 e. The Morgan fingerprint density at radius 1 is 1.43 bits per heavy atom. The Kier molecular flexibility index (Phi) is 5.59. The standard InChI is InChI=1S/C16H25N3O2/c1-12(19(10-3-11-20)15-4-2-5-15)16(21)18-14-8-6-13(17)7-9-14/h6-9,12,15,20H,2-5,10-11,17H2,1H3,(H,18,21). The number of nitrogens with one attached hydrogen (secondary N) is 1. The molecule has 0 saturated heterocycles. The second-order valence-electron chi connectivity index (χ2n) is 5.69. The van der Waals surface area contributed by atoms with Crippen LogP contribution in [0.25, 0.3) is 0 Å². The molecule has 0 bridgehead atoms. The normalized spacial score (nSPS) is 16.5. The summed E-state index contributed by atoms with van der Waals surface area (Å²) in [5.41, 5.74) is 7.08. The van der Waals surface area contributed by atoms with Crippen molar-refractivity contribution >= 4 is 17.3 Å². The van der Waals surface area contributed by atoms with Crippen LogP contribution in [0.15, 0.2) is 24.3 Å². The molecule has 0 heterocycles. The molecule has 1 aliphatic carbocycles. The van der Waals surface area contributed by atoms with Crippen molar-refractivity contribution in [3.8, 4) is 0 Å². The highest BCUT2D eigenvalue weighted by atomic mass is 16.3. The van der Waals surface area contributed by atoms with Crippen molar-refractivity contribution in [1.82, 2.24) is 4.90 Å². The summed E-state index contributed by atoms with van der Waals surface area (Å²) >= 11 is 0. The van der Waals surface area contributed by atoms with E-state index in [0.717, 1.165) is 25.1 Å². The average Bonchev–Trinajstić information content (AvgIpc) is 2.43. The molecule has 2 rings (SSSR count). The second kappa shape index (κ2) is 7.43. The van der Waals surface area contributed by atoms with Crippen molar-refractivity contribution in [2.24, 2.45) is 0 Å². The number of rotatable bonds is 7. The van der Waals surface area contributed by atoms with E-state index in [-0.39, 0.29) is 18.6 Å². The number of benzene rings is 1. The highest BCUT2D eigenvalue weighted by Crippen LogP contribution is 2.27. The minimum Gasteiger partial charge on any atom is -0.399 e. The zero-order chi connectivity index (χ0) is 15.2. The molecule has 1 unspecified atom stereocenters. The van der Waals surface area contributed by atoms with Crippen LogP contribution >= 0.6 is 0 Å². The minimum absolute atomic E-state index is 0.00962. The van der Waals surface area contributed by atoms with E-state index in [4.69, 9.17) is 10.8 Å². The third-order valence-corrected chi connectivity index (χ3v) is 4.17. The minimum atomic E-state index is -0.195. The monoisotopic (exact) mass is 291 g/mol. The molecule has 21 heavy (non-hydrogen) atoms. The molecular weight excluding hydrogens is 266 g/mol. The fourth-order valence-electron chi connectivity index (χ4n) is 2.63. The summed E-state index contributed by atoms with van der Waals surface area (Å²) in [4.78, 5) is 14.6. The Hall–Kier alpha value is -1.59. The maximum Gasteiger partial charge on any atom is 0.241 e. The molecule has 116 valence electrons. The first-order valence-electron chi connectivity index (χ1n) is 7.65. The van der Waals surface area contributed by atoms with Crippen molar-refractivity contribution in [3.05, 3.63) is 24.3 Å². The maximum absolute atomic E-state index is 12.4. The Bertz CT molecular complexity index is 457. The van der Waals surface area contributed by atoms with E-state index in [1.165, 1.54) is 6.42 Å². The van der Waals surface area contributed by atoms with Crippen molar-refractivity contribution < 1.29 is 9.90 Å². The van der Waals surface area contributed by atoms with E-state index in [9.17, 15) is 4.79 Å². The van der Waals surface area contributed by atoms with Gasteiger partial charge >= 0.3 is 0 Å². The molecule has 1 atom stereocenters. The van der Waals surface area contributed by atoms with Gasteiger partial charge in [0.1, 0.15) is 0 Å². The summed E-state index contributed by atoms with van der Waals surface area (Å²) in [7, 11) is 0. The summed E-state index contributed by atoms with van der Waals surface area (Å²) < 4.78 is 0. The number of carbonyl (C=O) groups excluding carboxylic acids is 1. The first kappa shape index (κ1) is 15.8. The number of nitrogens with zero attached hydrogens (tertiary/aromatic N) is 1. The lowest BCUT2D eigenvalue weighted by Gasteiger charge is -2.40. The Labute approximate surface area is 126 Å². The van der Waals surface area contributed by atoms with E-state index in [1.807, 2.05) is 6.92 Å². The van der Waals surface area contributed by atoms with Gasteiger partial charge in [0.15, 0.2) is 0 Å². The number of anilines is 2. The van der Waals surface area contributed by atoms with E-state index in [1.54, 1.807) is 24.3 Å². The molecule has 1 saturated carbocycles. The number of hydrogen-bond acceptors (Lipinski definition) is 4. The first-order chi connectivity index (χ1) is 10.1. The van der Waals surface area contributed by atoms with E-state index in [0.29, 0.717) is 18.2 Å². The van der Waals surface area contributed by atoms with E-state index in [2.05, 4.69) is 10.2 Å². The van der Waals surface area contributed by atoms with Gasteiger partial charge in [0, 0.05) is 30.6 Å². The van der Waals surface area contributed by atoms with Crippen LogP contribution in [0.4, 0.5) is 11.4 Å². The van der Waals surface area contributed by atoms with Gasteiger partial charge in [-0.2, -0.15) is 0 Å². The molecule has 1 amide bonds. The molecule has 5 nitrogen and oxygen atoms in total. The number of aliphatic hydroxyl groups excluding tert-OH is 1. The lowest BCUT2D eigenvalue weighted by atomic mass is 9.90. The summed E-state index contributed by atoms with van der Waals surface area (Å²) in [6.07, 6.45) is 4.22. The molecule has 0 radical (unpaired) electrons. The van der Waals surface area contributed by atoms with Gasteiger partial charge in [-0.3, -0.25) is 9.69 Å². The van der Waals surface area contributed by atoms with E-state index < -0.39 is 0 Å². The first-order valence-corrected chi connectivity index (χ1v) is 7.65. The molecule has 1 aromatic rings. The predicted octanol–water partition coefficient (Wildman–Crippen LogP) is 1.83. The van der Waals surface area contributed by atoms with Crippen molar-refractivity contribution in [1.29, 1.82) is 0 Å². The number of nitrogen functional groups attached to an aromatic ring is 1. The number of amides is 1. The van der Waals surface area contributed by atoms with Crippen LogP contribution in [0, 0.1) is 0 Å². The molecular formula is C16H25N3O2. The molecule has 1 aliphatic rings. The SMILES string of the molecule is CC(C(=O)Nc1ccc(N)cc1)N(CCCO)C1CCC1. The van der Waals surface area contributed by atoms with E-state index >= 15 is 0 Å². The highest BCUT2D eigenvalue weighted by molar-refractivity contribution is 5.94. The van der Waals surface area contributed by atoms with Gasteiger partial charge < -0.3 is 16.2 Å². The number of aliphatic hydroxyl groups is 1. The summed E-state index contributed by atoms with van der Waals surface area (Å²) in [6, 6.07) is 7.44. The highest BCUT2D eigenvalue weighted by Gasteiger charge is 2.31. The largest absolute Gasteiger partial charge is 0.399 e. The topological polar surface area (TPSA) is 78.6 Å². The van der Waals surface area contributed by atoms with Gasteiger partial charge in [0.05, 0.1) is 6.04 Å². The quantitative estimate of drug-likeness (QED) is 0.670. The fraction of sp³-hybridized carbons (Fsp3) is 0.562. The summed E-state index contributed by atoms with van der Waals surface area (Å²) in [6.45, 7) is 2.86. The maximum atomic E-state index is 12.4. The average molecular weight is 291 g/mol. The molecule has 1 fully saturated rings. The van der Waals surface area contributed by atoms with Crippen LogP contribution in [0.5, 0.6) is 0 Å². The molecule has 0 spiro atoms. The Balaban J connectivity index is 1.96. The van der Waals surface area contributed by atoms with Gasteiger partial charge in [-0.25, -0.2) is 0 Å². The van der Waals surface area contributed by atoms with Crippen LogP contribution in [0.3, 0.4) is 0 Å². The van der Waals surface area contributed by atoms with Crippen LogP contribution in [-0.2, 0) is 4.79 Å². The van der Waals surface area contributed by atoms with Crippen LogP contribution in [0.2, 0.25) is 0 Å². The molecule has 1 aromatic carbocycles. The van der Waals surface area contributed by atoms with Gasteiger partial charge in [-0.15, -0.1) is 0 Å². The zero-order valence-electron chi connectivity index (χ0n) is 12.6. The van der Waals surface area contributed by atoms with Gasteiger partial charge in [-0.05, 0) is 50.5 Å². The lowest BCUT2D eigenvalue weighted by Crippen LogP contribution is -2.50. The van der Waals surface area contributed by atoms with Gasteiger partial charge in [0.25, 0.3) is 0 Å². The summed E-state index contributed by atoms with van der Waals surface area (Å²) in [5.74, 6) is -0.00962. The van der Waals surface area contributed by atoms with Crippen molar-refractivity contribution in [2.75, 3.05) is 24.2 Å². The van der Waals surface area contributed by atoms with Crippen LogP contribution < -0.4 is 11.1 Å². The van der Waals surface area contributed by atoms with Crippen molar-refractivity contribution in [3.63, 3.8) is 0 Å².